The molecule has 0 heterocycles. The molecule has 1 aromatic rings. The highest BCUT2D eigenvalue weighted by atomic mass is 14.8. The Balaban J connectivity index is 2.80. The van der Waals surface area contributed by atoms with E-state index in [2.05, 4.69) is 31.0 Å². The maximum Gasteiger partial charge on any atom is 0.0996 e. The molecule has 2 N–H and O–H groups in total. The molecule has 0 unspecified atom stereocenters. The summed E-state index contributed by atoms with van der Waals surface area (Å²) in [5.74, 6) is 0.723. The predicted octanol–water partition coefficient (Wildman–Crippen LogP) is 3.04. The van der Waals surface area contributed by atoms with Gasteiger partial charge in [-0.05, 0) is 30.5 Å². The van der Waals surface area contributed by atoms with Gasteiger partial charge in [0.25, 0.3) is 0 Å². The monoisotopic (exact) mass is 190 g/mol. The summed E-state index contributed by atoms with van der Waals surface area (Å²) in [6, 6.07) is 8.20. The van der Waals surface area contributed by atoms with Gasteiger partial charge in [0.15, 0.2) is 0 Å². The highest BCUT2D eigenvalue weighted by molar-refractivity contribution is 5.83. The third-order valence-corrected chi connectivity index (χ3v) is 2.10. The molecule has 0 radical (unpaired) electrons. The lowest BCUT2D eigenvalue weighted by Crippen LogP contribution is -2.09. The average molecular weight is 190 g/mol. The van der Waals surface area contributed by atoms with Gasteiger partial charge < -0.3 is 5.73 Å². The van der Waals surface area contributed by atoms with Crippen molar-refractivity contribution in [1.82, 2.24) is 0 Å². The zero-order valence-electron chi connectivity index (χ0n) is 8.96. The smallest absolute Gasteiger partial charge is 0.0996 e. The van der Waals surface area contributed by atoms with Gasteiger partial charge in [-0.3, -0.25) is 0 Å². The first-order valence-electron chi connectivity index (χ1n) is 5.18. The van der Waals surface area contributed by atoms with Crippen molar-refractivity contribution in [3.63, 3.8) is 0 Å². The first-order chi connectivity index (χ1) is 6.76. The Bertz CT molecular complexity index is 316. The van der Waals surface area contributed by atoms with Crippen LogP contribution in [0.4, 0.5) is 5.69 Å². The van der Waals surface area contributed by atoms with Crippen LogP contribution in [-0.4, -0.2) is 5.84 Å². The van der Waals surface area contributed by atoms with Crippen LogP contribution in [0.1, 0.15) is 32.3 Å². The van der Waals surface area contributed by atoms with Crippen molar-refractivity contribution < 1.29 is 0 Å². The predicted molar refractivity (Wildman–Crippen MR) is 62.0 cm³/mol. The number of hydrogen-bond donors (Lipinski definition) is 1. The summed E-state index contributed by atoms with van der Waals surface area (Å²) in [5.41, 5.74) is 8.03. The molecule has 0 aliphatic rings. The van der Waals surface area contributed by atoms with E-state index in [4.69, 9.17) is 5.73 Å². The number of amidine groups is 1. The van der Waals surface area contributed by atoms with Crippen LogP contribution >= 0.6 is 0 Å². The van der Waals surface area contributed by atoms with Crippen LogP contribution in [0.15, 0.2) is 29.3 Å². The third kappa shape index (κ3) is 3.21. The summed E-state index contributed by atoms with van der Waals surface area (Å²) in [4.78, 5) is 4.35. The van der Waals surface area contributed by atoms with Crippen LogP contribution in [0.5, 0.6) is 0 Å². The molecule has 1 rings (SSSR count). The van der Waals surface area contributed by atoms with Gasteiger partial charge in [0.2, 0.25) is 0 Å². The average Bonchev–Trinajstić information content (AvgIpc) is 2.18. The number of aliphatic imine (C=N–C) groups is 1. The Morgan fingerprint density at radius 1 is 1.36 bits per heavy atom. The molecule has 0 atom stereocenters. The summed E-state index contributed by atoms with van der Waals surface area (Å²) >= 11 is 0. The first-order valence-corrected chi connectivity index (χ1v) is 5.18. The molecule has 0 aliphatic carbocycles. The van der Waals surface area contributed by atoms with Crippen LogP contribution in [0, 0.1) is 0 Å². The van der Waals surface area contributed by atoms with E-state index in [1.807, 2.05) is 12.1 Å². The van der Waals surface area contributed by atoms with E-state index in [1.165, 1.54) is 5.56 Å². The summed E-state index contributed by atoms with van der Waals surface area (Å²) in [5, 5.41) is 0. The molecule has 0 aliphatic heterocycles. The number of rotatable bonds is 4. The fourth-order valence-corrected chi connectivity index (χ4v) is 1.32. The lowest BCUT2D eigenvalue weighted by Gasteiger charge is -2.00. The van der Waals surface area contributed by atoms with Gasteiger partial charge >= 0.3 is 0 Å². The molecule has 76 valence electrons. The van der Waals surface area contributed by atoms with E-state index in [0.717, 1.165) is 30.8 Å². The molecule has 1 aromatic carbocycles. The maximum atomic E-state index is 5.76. The molecule has 0 saturated carbocycles. The number of nitrogens with two attached hydrogens (primary N) is 1. The van der Waals surface area contributed by atoms with Crippen molar-refractivity contribution in [2.45, 2.75) is 33.1 Å². The molecule has 0 spiro atoms. The Hall–Kier alpha value is -1.31. The minimum absolute atomic E-state index is 0.723. The zero-order chi connectivity index (χ0) is 10.4. The number of aryl methyl sites for hydroxylation is 1. The van der Waals surface area contributed by atoms with Crippen LogP contribution in [0.2, 0.25) is 0 Å². The summed E-state index contributed by atoms with van der Waals surface area (Å²) in [6.45, 7) is 4.24. The third-order valence-electron chi connectivity index (χ3n) is 2.10. The van der Waals surface area contributed by atoms with Crippen molar-refractivity contribution in [3.05, 3.63) is 29.8 Å². The molecule has 0 amide bonds. The molecule has 14 heavy (non-hydrogen) atoms. The van der Waals surface area contributed by atoms with E-state index in [-0.39, 0.29) is 0 Å². The van der Waals surface area contributed by atoms with Gasteiger partial charge in [-0.15, -0.1) is 0 Å². The summed E-state index contributed by atoms with van der Waals surface area (Å²) in [6.07, 6.45) is 2.95. The molecule has 2 nitrogen and oxygen atoms in total. The molecule has 0 aromatic heterocycles. The van der Waals surface area contributed by atoms with E-state index < -0.39 is 0 Å². The van der Waals surface area contributed by atoms with Crippen LogP contribution in [0.25, 0.3) is 0 Å². The minimum Gasteiger partial charge on any atom is -0.387 e. The number of nitrogens with zero attached hydrogens (tertiary/aromatic N) is 1. The van der Waals surface area contributed by atoms with Crippen molar-refractivity contribution in [1.29, 1.82) is 0 Å². The van der Waals surface area contributed by atoms with E-state index in [9.17, 15) is 0 Å². The van der Waals surface area contributed by atoms with Gasteiger partial charge in [-0.25, -0.2) is 4.99 Å². The SMILES string of the molecule is CCCC(N)=Nc1cccc(CC)c1. The second-order valence-electron chi connectivity index (χ2n) is 3.38. The number of hydrogen-bond acceptors (Lipinski definition) is 1. The zero-order valence-corrected chi connectivity index (χ0v) is 8.96. The first kappa shape index (κ1) is 10.8. The normalized spacial score (nSPS) is 11.7. The molecule has 0 saturated heterocycles. The van der Waals surface area contributed by atoms with Crippen LogP contribution in [0.3, 0.4) is 0 Å². The highest BCUT2D eigenvalue weighted by Crippen LogP contribution is 2.14. The molecule has 0 fully saturated rings. The van der Waals surface area contributed by atoms with E-state index in [0.29, 0.717) is 0 Å². The molecular formula is C12H18N2. The van der Waals surface area contributed by atoms with Gasteiger partial charge in [0, 0.05) is 6.42 Å². The van der Waals surface area contributed by atoms with Gasteiger partial charge in [-0.1, -0.05) is 26.0 Å². The minimum atomic E-state index is 0.723. The lowest BCUT2D eigenvalue weighted by atomic mass is 10.1. The van der Waals surface area contributed by atoms with Crippen molar-refractivity contribution >= 4 is 11.5 Å². The maximum absolute atomic E-state index is 5.76. The van der Waals surface area contributed by atoms with Crippen LogP contribution < -0.4 is 5.73 Å². The summed E-state index contributed by atoms with van der Waals surface area (Å²) in [7, 11) is 0. The fourth-order valence-electron chi connectivity index (χ4n) is 1.32. The van der Waals surface area contributed by atoms with Crippen LogP contribution in [-0.2, 0) is 6.42 Å². The molecule has 2 heteroatoms. The fraction of sp³-hybridized carbons (Fsp3) is 0.417. The Morgan fingerprint density at radius 2 is 2.14 bits per heavy atom. The van der Waals surface area contributed by atoms with E-state index >= 15 is 0 Å². The Kier molecular flexibility index (Phi) is 4.17. The van der Waals surface area contributed by atoms with Gasteiger partial charge in [0.05, 0.1) is 11.5 Å². The van der Waals surface area contributed by atoms with Crippen molar-refractivity contribution in [3.8, 4) is 0 Å². The Morgan fingerprint density at radius 3 is 2.79 bits per heavy atom. The number of benzene rings is 1. The van der Waals surface area contributed by atoms with Gasteiger partial charge in [-0.2, -0.15) is 0 Å². The Labute approximate surface area is 85.9 Å². The topological polar surface area (TPSA) is 38.4 Å². The van der Waals surface area contributed by atoms with Crippen molar-refractivity contribution in [2.75, 3.05) is 0 Å². The van der Waals surface area contributed by atoms with Gasteiger partial charge in [0.1, 0.15) is 0 Å². The second-order valence-corrected chi connectivity index (χ2v) is 3.38. The molecule has 0 bridgehead atoms. The standard InChI is InChI=1S/C12H18N2/c1-3-6-12(13)14-11-8-5-7-10(4-2)9-11/h5,7-9H,3-4,6H2,1-2H3,(H2,13,14). The summed E-state index contributed by atoms with van der Waals surface area (Å²) < 4.78 is 0. The highest BCUT2D eigenvalue weighted by Gasteiger charge is 1.94. The van der Waals surface area contributed by atoms with E-state index in [1.54, 1.807) is 0 Å². The van der Waals surface area contributed by atoms with Crippen molar-refractivity contribution in [2.24, 2.45) is 10.7 Å². The second kappa shape index (κ2) is 5.43. The molecular weight excluding hydrogens is 172 g/mol. The lowest BCUT2D eigenvalue weighted by molar-refractivity contribution is 0.983. The quantitative estimate of drug-likeness (QED) is 0.575. The largest absolute Gasteiger partial charge is 0.387 e.